The average Bonchev–Trinajstić information content (AvgIpc) is 2.12. The zero-order valence-corrected chi connectivity index (χ0v) is 9.80. The Balaban J connectivity index is -0.000000180. The molecule has 0 saturated carbocycles. The van der Waals surface area contributed by atoms with Gasteiger partial charge < -0.3 is 38.7 Å². The molecule has 84 valence electrons. The van der Waals surface area contributed by atoms with Crippen LogP contribution in [0, 0.1) is 0 Å². The Labute approximate surface area is 102 Å². The second-order valence-electron chi connectivity index (χ2n) is 1.60. The van der Waals surface area contributed by atoms with Gasteiger partial charge in [-0.1, -0.05) is 0 Å². The van der Waals surface area contributed by atoms with E-state index in [9.17, 15) is 19.8 Å². The van der Waals surface area contributed by atoms with Crippen LogP contribution >= 0.6 is 0 Å². The van der Waals surface area contributed by atoms with E-state index in [4.69, 9.17) is 0 Å². The minimum atomic E-state index is -1.57. The molecule has 0 radical (unpaired) electrons. The molecule has 0 aromatic heterocycles. The maximum absolute atomic E-state index is 9.34. The first-order valence-electron chi connectivity index (χ1n) is 3.20. The zero-order valence-electron chi connectivity index (χ0n) is 8.39. The summed E-state index contributed by atoms with van der Waals surface area (Å²) in [4.78, 5) is 18.7. The van der Waals surface area contributed by atoms with E-state index < -0.39 is 12.3 Å². The minimum Gasteiger partial charge on any atom is -0.524 e. The number of carbonyl (C=O) groups is 2. The van der Waals surface area contributed by atoms with Crippen LogP contribution in [0.4, 0.5) is 9.59 Å². The van der Waals surface area contributed by atoms with Crippen LogP contribution in [0.3, 0.4) is 0 Å². The summed E-state index contributed by atoms with van der Waals surface area (Å²) in [6.07, 6.45) is -3.14. The van der Waals surface area contributed by atoms with Crippen molar-refractivity contribution in [2.45, 2.75) is 0 Å². The third-order valence-electron chi connectivity index (χ3n) is 0.589. The van der Waals surface area contributed by atoms with Crippen molar-refractivity contribution in [2.24, 2.45) is 0 Å². The number of ether oxygens (including phenoxy) is 4. The Morgan fingerprint density at radius 2 is 1.20 bits per heavy atom. The molecule has 0 unspecified atom stereocenters. The van der Waals surface area contributed by atoms with Gasteiger partial charge in [0.25, 0.3) is 12.3 Å². The fraction of sp³-hybridized carbons (Fsp3) is 0.667. The number of hydrogen-bond donors (Lipinski definition) is 0. The fourth-order valence-electron chi connectivity index (χ4n) is 0.214. The first kappa shape index (κ1) is 19.7. The van der Waals surface area contributed by atoms with Crippen molar-refractivity contribution in [3.05, 3.63) is 0 Å². The van der Waals surface area contributed by atoms with Crippen molar-refractivity contribution in [3.8, 4) is 0 Å². The summed E-state index contributed by atoms with van der Waals surface area (Å²) < 4.78 is 16.0. The second-order valence-corrected chi connectivity index (χ2v) is 1.60. The molecular weight excluding hydrogens is 224 g/mol. The van der Waals surface area contributed by atoms with Crippen molar-refractivity contribution >= 4 is 35.4 Å². The van der Waals surface area contributed by atoms with Crippen molar-refractivity contribution in [1.29, 1.82) is 0 Å². The summed E-state index contributed by atoms with van der Waals surface area (Å²) in [6.45, 7) is -0.523. The molecule has 0 aromatic carbocycles. The summed E-state index contributed by atoms with van der Waals surface area (Å²) in [7, 11) is 2.64. The molecule has 0 aliphatic rings. The monoisotopic (exact) mass is 234 g/mol. The van der Waals surface area contributed by atoms with Crippen LogP contribution in [-0.2, 0) is 18.9 Å². The summed E-state index contributed by atoms with van der Waals surface area (Å²) in [5, 5.41) is 18.7. The van der Waals surface area contributed by atoms with Crippen LogP contribution in [0.1, 0.15) is 0 Å². The molecule has 0 amide bonds. The van der Waals surface area contributed by atoms with E-state index in [1.54, 1.807) is 0 Å². The van der Waals surface area contributed by atoms with E-state index in [1.165, 1.54) is 14.2 Å². The first-order chi connectivity index (χ1) is 6.54. The van der Waals surface area contributed by atoms with E-state index in [0.29, 0.717) is 0 Å². The molecule has 0 heterocycles. The summed E-state index contributed by atoms with van der Waals surface area (Å²) in [6, 6.07) is 0. The Kier molecular flexibility index (Phi) is 20.7. The molecule has 15 heavy (non-hydrogen) atoms. The standard InChI is InChI=1S/2C3H6O4.Mg/c2*1-6-2-7-3(4)5;/h2*2H2,1H3,(H,4,5);/q;;+2/p-2. The Morgan fingerprint density at radius 3 is 1.27 bits per heavy atom. The summed E-state index contributed by atoms with van der Waals surface area (Å²) >= 11 is 0. The van der Waals surface area contributed by atoms with Gasteiger partial charge in [0.15, 0.2) is 0 Å². The Morgan fingerprint density at radius 1 is 0.933 bits per heavy atom. The van der Waals surface area contributed by atoms with Crippen molar-refractivity contribution < 1.29 is 38.7 Å². The van der Waals surface area contributed by atoms with Gasteiger partial charge in [0.2, 0.25) is 0 Å². The van der Waals surface area contributed by atoms with E-state index in [1.807, 2.05) is 0 Å². The second kappa shape index (κ2) is 15.7. The van der Waals surface area contributed by atoms with Gasteiger partial charge in [-0.25, -0.2) is 0 Å². The molecule has 0 bridgehead atoms. The average molecular weight is 234 g/mol. The normalized spacial score (nSPS) is 7.60. The van der Waals surface area contributed by atoms with E-state index in [0.717, 1.165) is 0 Å². The quantitative estimate of drug-likeness (QED) is 0.298. The smallest absolute Gasteiger partial charge is 0.524 e. The van der Waals surface area contributed by atoms with Crippen LogP contribution in [0.5, 0.6) is 0 Å². The van der Waals surface area contributed by atoms with Gasteiger partial charge in [-0.15, -0.1) is 0 Å². The van der Waals surface area contributed by atoms with Crippen LogP contribution in [0.15, 0.2) is 0 Å². The van der Waals surface area contributed by atoms with Crippen molar-refractivity contribution in [3.63, 3.8) is 0 Å². The maximum atomic E-state index is 9.34. The van der Waals surface area contributed by atoms with Crippen molar-refractivity contribution in [2.75, 3.05) is 27.8 Å². The topological polar surface area (TPSA) is 117 Å². The van der Waals surface area contributed by atoms with Crippen LogP contribution in [-0.4, -0.2) is 63.2 Å². The minimum absolute atomic E-state index is 0. The van der Waals surface area contributed by atoms with Crippen molar-refractivity contribution in [1.82, 2.24) is 0 Å². The molecule has 0 rings (SSSR count). The van der Waals surface area contributed by atoms with Gasteiger partial charge in [0.05, 0.1) is 0 Å². The maximum Gasteiger partial charge on any atom is 2.00 e. The number of carbonyl (C=O) groups excluding carboxylic acids is 2. The van der Waals surface area contributed by atoms with E-state index in [2.05, 4.69) is 18.9 Å². The van der Waals surface area contributed by atoms with Crippen LogP contribution in [0.25, 0.3) is 0 Å². The third kappa shape index (κ3) is 31.9. The van der Waals surface area contributed by atoms with Gasteiger partial charge in [0.1, 0.15) is 13.6 Å². The number of hydrogen-bond acceptors (Lipinski definition) is 8. The zero-order chi connectivity index (χ0) is 11.4. The summed E-state index contributed by atoms with van der Waals surface area (Å²) in [5.41, 5.74) is 0. The molecule has 0 aromatic rings. The molecule has 0 aliphatic carbocycles. The van der Waals surface area contributed by atoms with Gasteiger partial charge in [-0.2, -0.15) is 0 Å². The fourth-order valence-corrected chi connectivity index (χ4v) is 0.214. The Bertz CT molecular complexity index is 143. The van der Waals surface area contributed by atoms with Crippen LogP contribution < -0.4 is 10.2 Å². The van der Waals surface area contributed by atoms with Gasteiger partial charge in [-0.3, -0.25) is 0 Å². The first-order valence-corrected chi connectivity index (χ1v) is 3.20. The molecule has 0 N–H and O–H groups in total. The molecule has 0 aliphatic heterocycles. The van der Waals surface area contributed by atoms with Gasteiger partial charge in [-0.05, 0) is 0 Å². The number of carboxylic acid groups (broad SMARTS) is 2. The number of rotatable bonds is 4. The third-order valence-corrected chi connectivity index (χ3v) is 0.589. The molecular formula is C6H10MgO8. The van der Waals surface area contributed by atoms with E-state index in [-0.39, 0.29) is 36.6 Å². The van der Waals surface area contributed by atoms with Gasteiger partial charge >= 0.3 is 23.1 Å². The van der Waals surface area contributed by atoms with Crippen LogP contribution in [0.2, 0.25) is 0 Å². The molecule has 0 atom stereocenters. The molecule has 0 saturated heterocycles. The largest absolute Gasteiger partial charge is 2.00 e. The Hall–Kier alpha value is -0.774. The SMILES string of the molecule is COCOC(=O)[O-].COCOC(=O)[O-].[Mg+2]. The predicted octanol–water partition coefficient (Wildman–Crippen LogP) is -2.48. The summed E-state index contributed by atoms with van der Waals surface area (Å²) in [5.74, 6) is 0. The molecule has 8 nitrogen and oxygen atoms in total. The number of methoxy groups -OCH3 is 2. The van der Waals surface area contributed by atoms with Gasteiger partial charge in [0, 0.05) is 14.2 Å². The predicted molar refractivity (Wildman–Crippen MR) is 42.5 cm³/mol. The molecule has 9 heteroatoms. The van der Waals surface area contributed by atoms with E-state index >= 15 is 0 Å². The molecule has 0 fully saturated rings. The molecule has 0 spiro atoms.